The topological polar surface area (TPSA) is 65.1 Å². The number of carbonyl (C=O) groups excluding carboxylic acids is 2. The molecule has 1 aliphatic rings. The number of allylic oxidation sites excluding steroid dienone is 1. The van der Waals surface area contributed by atoms with Crippen LogP contribution in [-0.4, -0.2) is 58.5 Å². The van der Waals surface area contributed by atoms with E-state index < -0.39 is 20.2 Å². The summed E-state index contributed by atoms with van der Waals surface area (Å²) in [5, 5.41) is 0.0405. The Kier molecular flexibility index (Phi) is 8.10. The first-order valence-corrected chi connectivity index (χ1v) is 12.7. The first-order chi connectivity index (χ1) is 12.4. The molecule has 0 N–H and O–H groups in total. The lowest BCUT2D eigenvalue weighted by Gasteiger charge is -2.42. The van der Waals surface area contributed by atoms with Gasteiger partial charge in [0, 0.05) is 12.5 Å². The van der Waals surface area contributed by atoms with Gasteiger partial charge in [0.05, 0.1) is 30.8 Å². The van der Waals surface area contributed by atoms with Crippen molar-refractivity contribution in [1.29, 1.82) is 0 Å². The van der Waals surface area contributed by atoms with Crippen LogP contribution in [0.25, 0.3) is 0 Å². The lowest BCUT2D eigenvalue weighted by molar-refractivity contribution is -0.163. The van der Waals surface area contributed by atoms with Crippen LogP contribution in [0.3, 0.4) is 0 Å². The van der Waals surface area contributed by atoms with Gasteiger partial charge in [-0.3, -0.25) is 9.59 Å². The molecule has 156 valence electrons. The Morgan fingerprint density at radius 1 is 1.11 bits per heavy atom. The maximum Gasteiger partial charge on any atom is 0.311 e. The molecule has 0 aromatic carbocycles. The normalized spacial score (nSPS) is 23.6. The molecule has 0 saturated heterocycles. The number of esters is 2. The first-order valence-electron chi connectivity index (χ1n) is 9.75. The van der Waals surface area contributed by atoms with Crippen molar-refractivity contribution in [1.82, 2.24) is 4.90 Å². The summed E-state index contributed by atoms with van der Waals surface area (Å²) in [4.78, 5) is 27.3. The van der Waals surface area contributed by atoms with Crippen LogP contribution in [0.1, 0.15) is 41.0 Å². The second-order valence-electron chi connectivity index (χ2n) is 8.79. The third-order valence-corrected chi connectivity index (χ3v) is 9.90. The molecule has 6 nitrogen and oxygen atoms in total. The summed E-state index contributed by atoms with van der Waals surface area (Å²) in [6.45, 7) is 15.0. The van der Waals surface area contributed by atoms with Crippen LogP contribution in [-0.2, 0) is 23.5 Å². The molecule has 0 heterocycles. The predicted molar refractivity (Wildman–Crippen MR) is 109 cm³/mol. The minimum absolute atomic E-state index is 0.0405. The average molecular weight is 400 g/mol. The van der Waals surface area contributed by atoms with Crippen LogP contribution < -0.4 is 0 Å². The zero-order chi connectivity index (χ0) is 21.0. The summed E-state index contributed by atoms with van der Waals surface area (Å²) in [7, 11) is 1.73. The van der Waals surface area contributed by atoms with E-state index in [0.29, 0.717) is 6.42 Å². The van der Waals surface area contributed by atoms with E-state index in [4.69, 9.17) is 13.9 Å². The zero-order valence-corrected chi connectivity index (χ0v) is 19.4. The molecule has 0 amide bonds. The van der Waals surface area contributed by atoms with Crippen LogP contribution in [0.2, 0.25) is 18.1 Å². The maximum absolute atomic E-state index is 12.7. The summed E-state index contributed by atoms with van der Waals surface area (Å²) in [6.07, 6.45) is 2.34. The minimum Gasteiger partial charge on any atom is -0.547 e. The lowest BCUT2D eigenvalue weighted by Crippen LogP contribution is -2.49. The van der Waals surface area contributed by atoms with Gasteiger partial charge in [-0.2, -0.15) is 0 Å². The summed E-state index contributed by atoms with van der Waals surface area (Å²) in [5.74, 6) is -1.17. The standard InChI is InChI=1S/C20H37NO5Si/c1-10-24-18(22)15-12-14(26-27(8,9)20(3,4)5)13-16(21(6)7)17(15)19(23)25-11-2/h13,15-17H,10-12H2,1-9H3/t15-,16-,17+/m0/s1. The van der Waals surface area contributed by atoms with Gasteiger partial charge in [-0.25, -0.2) is 0 Å². The van der Waals surface area contributed by atoms with Crippen LogP contribution in [0, 0.1) is 11.8 Å². The highest BCUT2D eigenvalue weighted by atomic mass is 28.4. The molecule has 3 atom stereocenters. The molecule has 0 bridgehead atoms. The number of likely N-dealkylation sites (N-methyl/N-ethyl adjacent to an activating group) is 1. The van der Waals surface area contributed by atoms with Gasteiger partial charge in [0.1, 0.15) is 0 Å². The summed E-state index contributed by atoms with van der Waals surface area (Å²) >= 11 is 0. The van der Waals surface area contributed by atoms with Crippen molar-refractivity contribution in [2.75, 3.05) is 27.3 Å². The van der Waals surface area contributed by atoms with E-state index >= 15 is 0 Å². The van der Waals surface area contributed by atoms with Gasteiger partial charge in [-0.05, 0) is 52.2 Å². The monoisotopic (exact) mass is 399 g/mol. The van der Waals surface area contributed by atoms with Gasteiger partial charge in [-0.1, -0.05) is 20.8 Å². The average Bonchev–Trinajstić information content (AvgIpc) is 2.52. The fourth-order valence-electron chi connectivity index (χ4n) is 2.99. The zero-order valence-electron chi connectivity index (χ0n) is 18.4. The summed E-state index contributed by atoms with van der Waals surface area (Å²) in [5.41, 5.74) is 0. The quantitative estimate of drug-likeness (QED) is 0.481. The van der Waals surface area contributed by atoms with Crippen molar-refractivity contribution >= 4 is 20.3 Å². The fraction of sp³-hybridized carbons (Fsp3) is 0.800. The Hall–Kier alpha value is -1.34. The molecule has 1 aliphatic carbocycles. The van der Waals surface area contributed by atoms with Gasteiger partial charge in [0.2, 0.25) is 8.32 Å². The van der Waals surface area contributed by atoms with Crippen LogP contribution in [0.5, 0.6) is 0 Å². The molecule has 0 aliphatic heterocycles. The second-order valence-corrected chi connectivity index (χ2v) is 13.5. The van der Waals surface area contributed by atoms with Gasteiger partial charge in [0.25, 0.3) is 0 Å². The second kappa shape index (κ2) is 9.23. The maximum atomic E-state index is 12.7. The molecule has 27 heavy (non-hydrogen) atoms. The molecular weight excluding hydrogens is 362 g/mol. The Bertz CT molecular complexity index is 565. The van der Waals surface area contributed by atoms with E-state index in [0.717, 1.165) is 5.76 Å². The fourth-order valence-corrected chi connectivity index (χ4v) is 4.11. The Morgan fingerprint density at radius 2 is 1.63 bits per heavy atom. The minimum atomic E-state index is -2.06. The van der Waals surface area contributed by atoms with Crippen molar-refractivity contribution in [3.63, 3.8) is 0 Å². The number of ether oxygens (including phenoxy) is 2. The highest BCUT2D eigenvalue weighted by molar-refractivity contribution is 6.74. The van der Waals surface area contributed by atoms with Gasteiger partial charge >= 0.3 is 11.9 Å². The third-order valence-electron chi connectivity index (χ3n) is 5.52. The van der Waals surface area contributed by atoms with Crippen molar-refractivity contribution in [3.8, 4) is 0 Å². The van der Waals surface area contributed by atoms with E-state index in [2.05, 4.69) is 33.9 Å². The molecular formula is C20H37NO5Si. The van der Waals surface area contributed by atoms with E-state index in [1.807, 2.05) is 25.1 Å². The lowest BCUT2D eigenvalue weighted by atomic mass is 9.78. The van der Waals surface area contributed by atoms with Crippen LogP contribution in [0.15, 0.2) is 11.8 Å². The molecule has 0 spiro atoms. The number of hydrogen-bond acceptors (Lipinski definition) is 6. The SMILES string of the molecule is CCOC(=O)[C@@H]1[C@@H](C(=O)OCC)CC(O[Si](C)(C)C(C)(C)C)=C[C@@H]1N(C)C. The van der Waals surface area contributed by atoms with Gasteiger partial charge < -0.3 is 18.8 Å². The number of carbonyl (C=O) groups is 2. The highest BCUT2D eigenvalue weighted by Gasteiger charge is 2.47. The Morgan fingerprint density at radius 3 is 2.07 bits per heavy atom. The first kappa shape index (κ1) is 23.7. The molecule has 1 rings (SSSR count). The molecule has 0 radical (unpaired) electrons. The van der Waals surface area contributed by atoms with Crippen LogP contribution >= 0.6 is 0 Å². The largest absolute Gasteiger partial charge is 0.547 e. The molecule has 0 unspecified atom stereocenters. The van der Waals surface area contributed by atoms with Crippen molar-refractivity contribution in [2.45, 2.75) is 65.2 Å². The predicted octanol–water partition coefficient (Wildman–Crippen LogP) is 3.58. The van der Waals surface area contributed by atoms with E-state index in [9.17, 15) is 9.59 Å². The molecule has 0 aromatic rings. The molecule has 0 fully saturated rings. The smallest absolute Gasteiger partial charge is 0.311 e. The van der Waals surface area contributed by atoms with Gasteiger partial charge in [0.15, 0.2) is 0 Å². The van der Waals surface area contributed by atoms with E-state index in [1.165, 1.54) is 0 Å². The third kappa shape index (κ3) is 5.81. The Labute approximate surface area is 165 Å². The van der Waals surface area contributed by atoms with E-state index in [1.54, 1.807) is 13.8 Å². The van der Waals surface area contributed by atoms with Crippen molar-refractivity contribution < 1.29 is 23.5 Å². The summed E-state index contributed by atoms with van der Waals surface area (Å²) < 4.78 is 17.0. The number of rotatable bonds is 7. The molecule has 7 heteroatoms. The summed E-state index contributed by atoms with van der Waals surface area (Å²) in [6, 6.07) is -0.285. The Balaban J connectivity index is 3.30. The highest BCUT2D eigenvalue weighted by Crippen LogP contribution is 2.41. The van der Waals surface area contributed by atoms with Crippen molar-refractivity contribution in [2.24, 2.45) is 11.8 Å². The van der Waals surface area contributed by atoms with Gasteiger partial charge in [-0.15, -0.1) is 0 Å². The number of nitrogens with zero attached hydrogens (tertiary/aromatic N) is 1. The number of hydrogen-bond donors (Lipinski definition) is 0. The van der Waals surface area contributed by atoms with E-state index in [-0.39, 0.29) is 36.2 Å². The molecule has 0 saturated carbocycles. The van der Waals surface area contributed by atoms with Crippen LogP contribution in [0.4, 0.5) is 0 Å². The molecule has 0 aromatic heterocycles. The van der Waals surface area contributed by atoms with Crippen molar-refractivity contribution in [3.05, 3.63) is 11.8 Å².